The van der Waals surface area contributed by atoms with Crippen LogP contribution < -0.4 is 10.2 Å². The van der Waals surface area contributed by atoms with Crippen LogP contribution in [0.1, 0.15) is 27.9 Å². The Morgan fingerprint density at radius 1 is 0.968 bits per heavy atom. The van der Waals surface area contributed by atoms with Gasteiger partial charge in [0.15, 0.2) is 0 Å². The van der Waals surface area contributed by atoms with Crippen LogP contribution in [0.3, 0.4) is 0 Å². The van der Waals surface area contributed by atoms with E-state index in [-0.39, 0.29) is 17.8 Å². The molecule has 158 valence electrons. The van der Waals surface area contributed by atoms with Crippen LogP contribution in [0, 0.1) is 12.7 Å². The van der Waals surface area contributed by atoms with E-state index in [1.165, 1.54) is 12.1 Å². The summed E-state index contributed by atoms with van der Waals surface area (Å²) in [7, 11) is 0. The molecule has 6 heteroatoms. The maximum atomic E-state index is 13.1. The Morgan fingerprint density at radius 3 is 2.39 bits per heavy atom. The van der Waals surface area contributed by atoms with Gasteiger partial charge in [-0.25, -0.2) is 9.18 Å². The number of carbonyl (C=O) groups excluding carboxylic acids is 2. The zero-order valence-corrected chi connectivity index (χ0v) is 17.3. The number of anilines is 2. The summed E-state index contributed by atoms with van der Waals surface area (Å²) in [5, 5.41) is 2.90. The highest BCUT2D eigenvalue weighted by atomic mass is 19.1. The number of urea groups is 1. The molecule has 1 N–H and O–H groups in total. The van der Waals surface area contributed by atoms with Crippen LogP contribution in [0.4, 0.5) is 20.6 Å². The lowest BCUT2D eigenvalue weighted by atomic mass is 10.1. The molecule has 3 aromatic carbocycles. The van der Waals surface area contributed by atoms with Crippen LogP contribution in [0.5, 0.6) is 0 Å². The minimum atomic E-state index is -0.287. The number of carbonyl (C=O) groups is 2. The largest absolute Gasteiger partial charge is 0.324 e. The average Bonchev–Trinajstić information content (AvgIpc) is 2.78. The number of rotatable bonds is 5. The van der Waals surface area contributed by atoms with Crippen LogP contribution in [0.25, 0.3) is 0 Å². The molecule has 0 bridgehead atoms. The van der Waals surface area contributed by atoms with Gasteiger partial charge in [-0.2, -0.15) is 0 Å². The minimum absolute atomic E-state index is 0.0766. The number of halogens is 1. The van der Waals surface area contributed by atoms with Crippen molar-refractivity contribution in [1.29, 1.82) is 0 Å². The molecular formula is C25H24FN3O2. The normalized spacial score (nSPS) is 13.9. The van der Waals surface area contributed by atoms with Gasteiger partial charge in [-0.3, -0.25) is 9.69 Å². The maximum Gasteiger partial charge on any atom is 0.324 e. The van der Waals surface area contributed by atoms with Gasteiger partial charge in [-0.15, -0.1) is 0 Å². The zero-order chi connectivity index (χ0) is 21.8. The second kappa shape index (κ2) is 9.00. The molecule has 1 aliphatic rings. The summed E-state index contributed by atoms with van der Waals surface area (Å²) in [6, 6.07) is 20.9. The first-order valence-electron chi connectivity index (χ1n) is 10.3. The Kier molecular flexibility index (Phi) is 5.98. The monoisotopic (exact) mass is 417 g/mol. The number of amides is 3. The number of aryl methyl sites for hydroxylation is 1. The molecule has 0 aliphatic carbocycles. The lowest BCUT2D eigenvalue weighted by molar-refractivity contribution is 0.102. The van der Waals surface area contributed by atoms with Crippen molar-refractivity contribution in [3.63, 3.8) is 0 Å². The van der Waals surface area contributed by atoms with E-state index < -0.39 is 0 Å². The summed E-state index contributed by atoms with van der Waals surface area (Å²) in [5.74, 6) is -0.449. The maximum absolute atomic E-state index is 13.1. The highest BCUT2D eigenvalue weighted by Crippen LogP contribution is 2.24. The summed E-state index contributed by atoms with van der Waals surface area (Å²) < 4.78 is 13.1. The van der Waals surface area contributed by atoms with E-state index in [2.05, 4.69) is 5.32 Å². The van der Waals surface area contributed by atoms with Gasteiger partial charge >= 0.3 is 6.03 Å². The van der Waals surface area contributed by atoms with Crippen molar-refractivity contribution in [1.82, 2.24) is 4.90 Å². The second-order valence-electron chi connectivity index (χ2n) is 7.65. The van der Waals surface area contributed by atoms with Gasteiger partial charge in [-0.1, -0.05) is 30.3 Å². The fourth-order valence-electron chi connectivity index (χ4n) is 3.73. The minimum Gasteiger partial charge on any atom is -0.322 e. The number of hydrogen-bond acceptors (Lipinski definition) is 2. The molecule has 0 saturated carbocycles. The number of nitrogens with one attached hydrogen (secondary N) is 1. The highest BCUT2D eigenvalue weighted by molar-refractivity contribution is 6.05. The molecule has 1 saturated heterocycles. The molecule has 1 heterocycles. The number of hydrogen-bond donors (Lipinski definition) is 1. The molecule has 0 radical (unpaired) electrons. The van der Waals surface area contributed by atoms with Crippen molar-refractivity contribution in [3.8, 4) is 0 Å². The molecule has 0 unspecified atom stereocenters. The zero-order valence-electron chi connectivity index (χ0n) is 17.3. The highest BCUT2D eigenvalue weighted by Gasteiger charge is 2.26. The molecule has 31 heavy (non-hydrogen) atoms. The van der Waals surface area contributed by atoms with Crippen LogP contribution >= 0.6 is 0 Å². The van der Waals surface area contributed by atoms with Crippen molar-refractivity contribution in [3.05, 3.63) is 95.3 Å². The average molecular weight is 417 g/mol. The first kappa shape index (κ1) is 20.6. The lowest BCUT2D eigenvalue weighted by Gasteiger charge is -2.35. The van der Waals surface area contributed by atoms with Gasteiger partial charge in [0, 0.05) is 36.6 Å². The third-order valence-corrected chi connectivity index (χ3v) is 5.42. The Bertz CT molecular complexity index is 1080. The van der Waals surface area contributed by atoms with Gasteiger partial charge in [0.05, 0.1) is 0 Å². The Hall–Kier alpha value is -3.67. The van der Waals surface area contributed by atoms with Gasteiger partial charge in [-0.05, 0) is 66.9 Å². The summed E-state index contributed by atoms with van der Waals surface area (Å²) >= 11 is 0. The van der Waals surface area contributed by atoms with Gasteiger partial charge in [0.25, 0.3) is 5.91 Å². The fraction of sp³-hybridized carbons (Fsp3) is 0.200. The topological polar surface area (TPSA) is 52.7 Å². The van der Waals surface area contributed by atoms with E-state index in [0.29, 0.717) is 30.9 Å². The molecule has 0 atom stereocenters. The third-order valence-electron chi connectivity index (χ3n) is 5.42. The van der Waals surface area contributed by atoms with Crippen molar-refractivity contribution < 1.29 is 14.0 Å². The van der Waals surface area contributed by atoms with Crippen molar-refractivity contribution in [2.45, 2.75) is 19.9 Å². The Morgan fingerprint density at radius 2 is 1.68 bits per heavy atom. The molecule has 1 fully saturated rings. The number of benzene rings is 3. The standard InChI is InChI=1S/C25H24FN3O2/c1-18-5-2-3-6-23(18)24(30)27-21-11-13-22(14-12-21)29-16-4-15-28(25(29)31)17-19-7-9-20(26)10-8-19/h2-3,5-14H,4,15-17H2,1H3,(H,27,30). The summed E-state index contributed by atoms with van der Waals surface area (Å²) in [4.78, 5) is 29.0. The van der Waals surface area contributed by atoms with Crippen molar-refractivity contribution in [2.24, 2.45) is 0 Å². The first-order valence-corrected chi connectivity index (χ1v) is 10.3. The van der Waals surface area contributed by atoms with E-state index in [4.69, 9.17) is 0 Å². The Labute approximate surface area is 181 Å². The quantitative estimate of drug-likeness (QED) is 0.619. The molecule has 3 aromatic rings. The summed E-state index contributed by atoms with van der Waals surface area (Å²) in [5.41, 5.74) is 3.89. The molecule has 0 aromatic heterocycles. The number of nitrogens with zero attached hydrogens (tertiary/aromatic N) is 2. The van der Waals surface area contributed by atoms with Crippen LogP contribution in [0.15, 0.2) is 72.8 Å². The van der Waals surface area contributed by atoms with Gasteiger partial charge in [0.1, 0.15) is 5.82 Å². The third kappa shape index (κ3) is 4.74. The Balaban J connectivity index is 1.43. The molecule has 4 rings (SSSR count). The first-order chi connectivity index (χ1) is 15.0. The van der Waals surface area contributed by atoms with E-state index in [0.717, 1.165) is 23.2 Å². The molecule has 3 amide bonds. The molecule has 0 spiro atoms. The smallest absolute Gasteiger partial charge is 0.322 e. The predicted octanol–water partition coefficient (Wildman–Crippen LogP) is 5.22. The van der Waals surface area contributed by atoms with Crippen molar-refractivity contribution >= 4 is 23.3 Å². The lowest BCUT2D eigenvalue weighted by Crippen LogP contribution is -2.49. The summed E-state index contributed by atoms with van der Waals surface area (Å²) in [6.07, 6.45) is 0.846. The van der Waals surface area contributed by atoms with Gasteiger partial charge < -0.3 is 10.2 Å². The molecule has 1 aliphatic heterocycles. The summed E-state index contributed by atoms with van der Waals surface area (Å²) in [6.45, 7) is 3.64. The van der Waals surface area contributed by atoms with E-state index in [9.17, 15) is 14.0 Å². The second-order valence-corrected chi connectivity index (χ2v) is 7.65. The SMILES string of the molecule is Cc1ccccc1C(=O)Nc1ccc(N2CCCN(Cc3ccc(F)cc3)C2=O)cc1. The molecular weight excluding hydrogens is 393 g/mol. The van der Waals surface area contributed by atoms with Crippen molar-refractivity contribution in [2.75, 3.05) is 23.3 Å². The molecule has 5 nitrogen and oxygen atoms in total. The van der Waals surface area contributed by atoms with E-state index in [1.807, 2.05) is 37.3 Å². The van der Waals surface area contributed by atoms with Gasteiger partial charge in [0.2, 0.25) is 0 Å². The predicted molar refractivity (Wildman–Crippen MR) is 120 cm³/mol. The van der Waals surface area contributed by atoms with E-state index in [1.54, 1.807) is 40.1 Å². The van der Waals surface area contributed by atoms with Crippen LogP contribution in [0.2, 0.25) is 0 Å². The fourth-order valence-corrected chi connectivity index (χ4v) is 3.73. The van der Waals surface area contributed by atoms with Crippen LogP contribution in [-0.2, 0) is 6.54 Å². The van der Waals surface area contributed by atoms with Crippen LogP contribution in [-0.4, -0.2) is 29.9 Å². The van der Waals surface area contributed by atoms with E-state index >= 15 is 0 Å².